The molecule has 2 amide bonds. The van der Waals surface area contributed by atoms with Crippen molar-refractivity contribution in [3.8, 4) is 11.4 Å². The number of hydrogen-bond donors (Lipinski definition) is 2. The average Bonchev–Trinajstić information content (AvgIpc) is 4.20. The third kappa shape index (κ3) is 13.8. The number of tetrazole rings is 2. The summed E-state index contributed by atoms with van der Waals surface area (Å²) in [7, 11) is 0. The molecule has 10 rings (SSSR count). The fourth-order valence-electron chi connectivity index (χ4n) is 10.5. The lowest BCUT2D eigenvalue weighted by molar-refractivity contribution is -0.115. The van der Waals surface area contributed by atoms with Crippen molar-refractivity contribution in [3.63, 3.8) is 0 Å². The first-order chi connectivity index (χ1) is 38.0. The largest absolute Gasteiger partial charge is 0.326 e. The molecule has 2 saturated heterocycles. The summed E-state index contributed by atoms with van der Waals surface area (Å²) in [5, 5.41) is 32.0. The highest BCUT2D eigenvalue weighted by molar-refractivity contribution is 5.89. The van der Waals surface area contributed by atoms with Crippen LogP contribution in [0.2, 0.25) is 0 Å². The molecule has 2 fully saturated rings. The number of rotatable bonds is 16. The van der Waals surface area contributed by atoms with Crippen molar-refractivity contribution in [1.29, 1.82) is 0 Å². The maximum Gasteiger partial charge on any atom is 0.221 e. The van der Waals surface area contributed by atoms with Crippen LogP contribution in [0.15, 0.2) is 158 Å². The van der Waals surface area contributed by atoms with Gasteiger partial charge in [-0.3, -0.25) is 29.2 Å². The van der Waals surface area contributed by atoms with Crippen LogP contribution in [0.1, 0.15) is 82.1 Å². The summed E-state index contributed by atoms with van der Waals surface area (Å²) in [5.41, 5.74) is 12.7. The van der Waals surface area contributed by atoms with Crippen LogP contribution in [-0.2, 0) is 9.59 Å². The summed E-state index contributed by atoms with van der Waals surface area (Å²) in [6, 6.07) is 49.1. The second-order valence-corrected chi connectivity index (χ2v) is 20.1. The van der Waals surface area contributed by atoms with Crippen LogP contribution in [0, 0.1) is 27.7 Å². The highest BCUT2D eigenvalue weighted by Crippen LogP contribution is 2.34. The van der Waals surface area contributed by atoms with E-state index in [4.69, 9.17) is 0 Å². The molecule has 8 aromatic rings. The molecule has 2 atom stereocenters. The van der Waals surface area contributed by atoms with Crippen molar-refractivity contribution in [2.45, 2.75) is 53.6 Å². The summed E-state index contributed by atoms with van der Waals surface area (Å²) < 4.78 is 3.79. The van der Waals surface area contributed by atoms with Crippen LogP contribution in [0.3, 0.4) is 0 Å². The monoisotopic (exact) mass is 1040 g/mol. The molecule has 6 aromatic carbocycles. The minimum absolute atomic E-state index is 0.0873. The number of anilines is 2. The molecule has 2 aliphatic heterocycles. The Bertz CT molecular complexity index is 3020. The van der Waals surface area contributed by atoms with Crippen molar-refractivity contribution in [1.82, 2.24) is 60.0 Å². The summed E-state index contributed by atoms with van der Waals surface area (Å²) in [4.78, 5) is 33.0. The molecule has 4 heterocycles. The second kappa shape index (κ2) is 26.2. The van der Waals surface area contributed by atoms with Crippen LogP contribution in [-0.4, -0.2) is 137 Å². The zero-order valence-electron chi connectivity index (χ0n) is 45.6. The molecule has 16 heteroatoms. The number of hydrogen-bond acceptors (Lipinski definition) is 12. The molecule has 0 bridgehead atoms. The van der Waals surface area contributed by atoms with Crippen LogP contribution in [0.5, 0.6) is 0 Å². The quantitative estimate of drug-likeness (QED) is 0.0947. The summed E-state index contributed by atoms with van der Waals surface area (Å²) in [5.74, 6) is 1.40. The van der Waals surface area contributed by atoms with E-state index in [1.54, 1.807) is 0 Å². The molecular formula is C62H70N14O2. The Balaban J connectivity index is 0.000000190. The lowest BCUT2D eigenvalue weighted by Gasteiger charge is -2.38. The van der Waals surface area contributed by atoms with E-state index in [0.717, 1.165) is 133 Å². The van der Waals surface area contributed by atoms with Gasteiger partial charge in [-0.2, -0.15) is 9.36 Å². The highest BCUT2D eigenvalue weighted by atomic mass is 16.2. The van der Waals surface area contributed by atoms with Gasteiger partial charge >= 0.3 is 0 Å². The number of nitrogens with one attached hydrogen (secondary N) is 2. The number of benzene rings is 6. The van der Waals surface area contributed by atoms with Gasteiger partial charge in [-0.25, -0.2) is 0 Å². The Hall–Kier alpha value is -8.28. The standard InChI is InChI=1S/2C31H35N7O/c2*1-23-9-7-10-24(2)29(23)38-31(33-34-35-38)30(27-14-16-28(17-15-27)32-25(3)39)37-21-19-36(20-22-37)18-8-13-26-11-5-4-6-12-26/h2*4-17,30H,18-22H2,1-3H3,(H,32,39)/b2*13-8+/t2*30-/m10/s1. The van der Waals surface area contributed by atoms with Gasteiger partial charge in [-0.15, -0.1) is 10.2 Å². The Morgan fingerprint density at radius 1 is 0.462 bits per heavy atom. The molecule has 16 nitrogen and oxygen atoms in total. The second-order valence-electron chi connectivity index (χ2n) is 20.1. The van der Waals surface area contributed by atoms with Crippen LogP contribution < -0.4 is 10.6 Å². The molecule has 2 aromatic heterocycles. The predicted octanol–water partition coefficient (Wildman–Crippen LogP) is 9.32. The molecule has 400 valence electrons. The normalized spacial score (nSPS) is 15.5. The van der Waals surface area contributed by atoms with Gasteiger partial charge in [0.2, 0.25) is 11.8 Å². The summed E-state index contributed by atoms with van der Waals surface area (Å²) in [6.45, 7) is 20.6. The Morgan fingerprint density at radius 3 is 1.14 bits per heavy atom. The van der Waals surface area contributed by atoms with Crippen molar-refractivity contribution >= 4 is 35.3 Å². The highest BCUT2D eigenvalue weighted by Gasteiger charge is 2.33. The zero-order chi connectivity index (χ0) is 54.4. The first-order valence-corrected chi connectivity index (χ1v) is 26.8. The van der Waals surface area contributed by atoms with E-state index < -0.39 is 0 Å². The fraction of sp³-hybridized carbons (Fsp3) is 0.290. The van der Waals surface area contributed by atoms with Gasteiger partial charge in [0.25, 0.3) is 0 Å². The summed E-state index contributed by atoms with van der Waals surface area (Å²) in [6.07, 6.45) is 8.85. The van der Waals surface area contributed by atoms with Crippen LogP contribution >= 0.6 is 0 Å². The topological polar surface area (TPSA) is 158 Å². The average molecular weight is 1040 g/mol. The van der Waals surface area contributed by atoms with Gasteiger partial charge in [0, 0.05) is 90.7 Å². The molecule has 0 spiro atoms. The number of carbonyl (C=O) groups excluding carboxylic acids is 2. The third-order valence-electron chi connectivity index (χ3n) is 14.4. The van der Waals surface area contributed by atoms with Gasteiger partial charge in [0.1, 0.15) is 0 Å². The van der Waals surface area contributed by atoms with Gasteiger partial charge in [0.15, 0.2) is 11.6 Å². The first-order valence-electron chi connectivity index (χ1n) is 26.8. The number of amides is 2. The van der Waals surface area contributed by atoms with E-state index in [9.17, 15) is 9.59 Å². The summed E-state index contributed by atoms with van der Waals surface area (Å²) >= 11 is 0. The number of carbonyl (C=O) groups is 2. The number of nitrogens with zero attached hydrogens (tertiary/aromatic N) is 12. The van der Waals surface area contributed by atoms with Crippen molar-refractivity contribution in [3.05, 3.63) is 214 Å². The van der Waals surface area contributed by atoms with E-state index in [0.29, 0.717) is 0 Å². The molecule has 2 aliphatic rings. The SMILES string of the molecule is CC(=O)Nc1ccc([C@@H](c2nnnn2-c2c(C)cccc2C)N2CCN(C/C=C/c3ccccc3)CC2)cc1.CC(=O)Nc1ccc([C@H](c2nnnn2-c2c(C)cccc2C)N2CCN(C/C=C/c3ccccc3)CC2)cc1. The maximum absolute atomic E-state index is 11.6. The third-order valence-corrected chi connectivity index (χ3v) is 14.4. The molecule has 2 N–H and O–H groups in total. The number of piperazine rings is 2. The van der Waals surface area contributed by atoms with Crippen LogP contribution in [0.25, 0.3) is 23.5 Å². The maximum atomic E-state index is 11.6. The number of aromatic nitrogens is 8. The van der Waals surface area contributed by atoms with E-state index in [1.165, 1.54) is 25.0 Å². The smallest absolute Gasteiger partial charge is 0.221 e. The number of para-hydroxylation sites is 2. The molecule has 0 aliphatic carbocycles. The number of aryl methyl sites for hydroxylation is 4. The van der Waals surface area contributed by atoms with Crippen molar-refractivity contribution in [2.75, 3.05) is 76.1 Å². The Morgan fingerprint density at radius 2 is 0.808 bits per heavy atom. The van der Waals surface area contributed by atoms with Gasteiger partial charge in [0.05, 0.1) is 23.5 Å². The minimum Gasteiger partial charge on any atom is -0.326 e. The molecule has 0 radical (unpaired) electrons. The molecule has 78 heavy (non-hydrogen) atoms. The Kier molecular flexibility index (Phi) is 18.3. The van der Waals surface area contributed by atoms with Gasteiger partial charge < -0.3 is 10.6 Å². The Labute approximate surface area is 458 Å². The van der Waals surface area contributed by atoms with E-state index in [2.05, 4.69) is 222 Å². The van der Waals surface area contributed by atoms with E-state index in [1.807, 2.05) is 45.8 Å². The zero-order valence-corrected chi connectivity index (χ0v) is 45.6. The van der Waals surface area contributed by atoms with Crippen molar-refractivity contribution < 1.29 is 9.59 Å². The van der Waals surface area contributed by atoms with E-state index in [-0.39, 0.29) is 23.9 Å². The minimum atomic E-state index is -0.132. The van der Waals surface area contributed by atoms with Gasteiger partial charge in [-0.1, -0.05) is 146 Å². The fourth-order valence-corrected chi connectivity index (χ4v) is 10.5. The molecular weight excluding hydrogens is 973 g/mol. The van der Waals surface area contributed by atoms with E-state index >= 15 is 0 Å². The van der Waals surface area contributed by atoms with Gasteiger partial charge in [-0.05, 0) is 117 Å². The predicted molar refractivity (Wildman–Crippen MR) is 309 cm³/mol. The molecule has 0 saturated carbocycles. The van der Waals surface area contributed by atoms with Crippen molar-refractivity contribution in [2.24, 2.45) is 0 Å². The first kappa shape index (κ1) is 54.5. The molecule has 0 unspecified atom stereocenters. The lowest BCUT2D eigenvalue weighted by atomic mass is 10.0. The lowest BCUT2D eigenvalue weighted by Crippen LogP contribution is -2.48. The van der Waals surface area contributed by atoms with Crippen LogP contribution in [0.4, 0.5) is 11.4 Å².